The van der Waals surface area contributed by atoms with E-state index in [1.165, 1.54) is 12.7 Å². The predicted octanol–water partition coefficient (Wildman–Crippen LogP) is 1.79. The molecule has 3 heteroatoms. The summed E-state index contributed by atoms with van der Waals surface area (Å²) >= 11 is 0. The molecule has 0 spiro atoms. The van der Waals surface area contributed by atoms with E-state index < -0.39 is 0 Å². The summed E-state index contributed by atoms with van der Waals surface area (Å²) in [5, 5.41) is 3.34. The van der Waals surface area contributed by atoms with E-state index in [9.17, 15) is 0 Å². The van der Waals surface area contributed by atoms with Crippen LogP contribution in [0.15, 0.2) is 10.9 Å². The normalized spacial score (nSPS) is 7.89. The largest absolute Gasteiger partial charge is 0.340 e. The van der Waals surface area contributed by atoms with Crippen LogP contribution in [0.2, 0.25) is 0 Å². The van der Waals surface area contributed by atoms with Crippen LogP contribution in [-0.2, 0) is 0 Å². The van der Waals surface area contributed by atoms with Gasteiger partial charge in [-0.15, -0.1) is 0 Å². The number of rotatable bonds is 0. The number of aryl methyl sites for hydroxylation is 1. The van der Waals surface area contributed by atoms with Crippen molar-refractivity contribution in [2.75, 3.05) is 0 Å². The monoisotopic (exact) mass is 128 g/mol. The van der Waals surface area contributed by atoms with Crippen LogP contribution in [0.1, 0.15) is 26.2 Å². The maximum absolute atomic E-state index is 4.47. The minimum absolute atomic E-state index is 0.606. The SMILES string of the molecule is CCC.Cc1ncno1. The van der Waals surface area contributed by atoms with Gasteiger partial charge in [-0.05, 0) is 0 Å². The first kappa shape index (κ1) is 8.14. The van der Waals surface area contributed by atoms with E-state index in [2.05, 4.69) is 28.5 Å². The molecule has 3 nitrogen and oxygen atoms in total. The molecule has 0 saturated heterocycles. The van der Waals surface area contributed by atoms with Crippen molar-refractivity contribution >= 4 is 0 Å². The van der Waals surface area contributed by atoms with Gasteiger partial charge in [0.1, 0.15) is 0 Å². The Labute approximate surface area is 55.1 Å². The van der Waals surface area contributed by atoms with Crippen molar-refractivity contribution in [2.45, 2.75) is 27.2 Å². The zero-order valence-electron chi connectivity index (χ0n) is 6.09. The minimum Gasteiger partial charge on any atom is -0.340 e. The molecular weight excluding hydrogens is 116 g/mol. The standard InChI is InChI=1S/C3H4N2O.C3H8/c1-3-4-2-5-6-3;1-3-2/h2H,1H3;3H2,1-2H3. The van der Waals surface area contributed by atoms with Gasteiger partial charge in [-0.1, -0.05) is 25.4 Å². The Hall–Kier alpha value is -0.860. The van der Waals surface area contributed by atoms with E-state index in [1.807, 2.05) is 0 Å². The van der Waals surface area contributed by atoms with Crippen LogP contribution in [0.4, 0.5) is 0 Å². The highest BCUT2D eigenvalue weighted by Crippen LogP contribution is 1.80. The number of hydrogen-bond donors (Lipinski definition) is 0. The second-order valence-electron chi connectivity index (χ2n) is 1.67. The zero-order valence-corrected chi connectivity index (χ0v) is 6.09. The third kappa shape index (κ3) is 5.00. The van der Waals surface area contributed by atoms with Gasteiger partial charge in [0.25, 0.3) is 0 Å². The van der Waals surface area contributed by atoms with E-state index in [0.717, 1.165) is 0 Å². The third-order valence-electron chi connectivity index (χ3n) is 0.471. The van der Waals surface area contributed by atoms with Gasteiger partial charge in [0.15, 0.2) is 6.33 Å². The Morgan fingerprint density at radius 2 is 2.11 bits per heavy atom. The molecular formula is C6H12N2O. The molecule has 0 aliphatic rings. The van der Waals surface area contributed by atoms with Crippen LogP contribution in [0.25, 0.3) is 0 Å². The molecule has 0 atom stereocenters. The van der Waals surface area contributed by atoms with Crippen molar-refractivity contribution < 1.29 is 4.52 Å². The summed E-state index contributed by atoms with van der Waals surface area (Å²) in [7, 11) is 0. The molecule has 1 heterocycles. The van der Waals surface area contributed by atoms with Crippen molar-refractivity contribution in [3.8, 4) is 0 Å². The first-order valence-electron chi connectivity index (χ1n) is 3.04. The number of aromatic nitrogens is 2. The van der Waals surface area contributed by atoms with E-state index in [1.54, 1.807) is 6.92 Å². The molecule has 0 radical (unpaired) electrons. The lowest BCUT2D eigenvalue weighted by atomic mass is 10.6. The molecule has 0 fully saturated rings. The van der Waals surface area contributed by atoms with Gasteiger partial charge >= 0.3 is 0 Å². The van der Waals surface area contributed by atoms with E-state index in [0.29, 0.717) is 5.89 Å². The molecule has 0 aromatic carbocycles. The average Bonchev–Trinajstić information content (AvgIpc) is 2.20. The molecule has 0 amide bonds. The molecule has 52 valence electrons. The van der Waals surface area contributed by atoms with E-state index in [-0.39, 0.29) is 0 Å². The molecule has 0 saturated carbocycles. The highest BCUT2D eigenvalue weighted by molar-refractivity contribution is 4.62. The summed E-state index contributed by atoms with van der Waals surface area (Å²) in [6.07, 6.45) is 2.62. The molecule has 0 aliphatic carbocycles. The maximum Gasteiger partial charge on any atom is 0.223 e. The molecule has 0 unspecified atom stereocenters. The Morgan fingerprint density at radius 3 is 2.22 bits per heavy atom. The summed E-state index contributed by atoms with van der Waals surface area (Å²) in [4.78, 5) is 3.64. The first-order chi connectivity index (χ1) is 4.31. The van der Waals surface area contributed by atoms with E-state index >= 15 is 0 Å². The molecule has 1 rings (SSSR count). The lowest BCUT2D eigenvalue weighted by molar-refractivity contribution is 0.392. The van der Waals surface area contributed by atoms with Gasteiger partial charge < -0.3 is 4.52 Å². The Morgan fingerprint density at radius 1 is 1.56 bits per heavy atom. The average molecular weight is 128 g/mol. The Kier molecular flexibility index (Phi) is 4.78. The Balaban J connectivity index is 0.000000187. The summed E-state index contributed by atoms with van der Waals surface area (Å²) in [5.41, 5.74) is 0. The molecule has 1 aromatic rings. The van der Waals surface area contributed by atoms with Gasteiger partial charge in [0.05, 0.1) is 0 Å². The second kappa shape index (κ2) is 5.28. The third-order valence-corrected chi connectivity index (χ3v) is 0.471. The summed E-state index contributed by atoms with van der Waals surface area (Å²) in [6.45, 7) is 5.99. The van der Waals surface area contributed by atoms with Gasteiger partial charge in [-0.2, -0.15) is 4.98 Å². The molecule has 0 bridgehead atoms. The first-order valence-corrected chi connectivity index (χ1v) is 3.04. The van der Waals surface area contributed by atoms with Gasteiger partial charge in [-0.3, -0.25) is 0 Å². The zero-order chi connectivity index (χ0) is 7.11. The molecule has 9 heavy (non-hydrogen) atoms. The number of nitrogens with zero attached hydrogens (tertiary/aromatic N) is 2. The predicted molar refractivity (Wildman–Crippen MR) is 35.0 cm³/mol. The lowest BCUT2D eigenvalue weighted by Crippen LogP contribution is -1.59. The van der Waals surface area contributed by atoms with Crippen molar-refractivity contribution in [1.29, 1.82) is 0 Å². The van der Waals surface area contributed by atoms with Crippen LogP contribution >= 0.6 is 0 Å². The second-order valence-corrected chi connectivity index (χ2v) is 1.67. The van der Waals surface area contributed by atoms with Crippen LogP contribution in [0, 0.1) is 6.92 Å². The molecule has 0 N–H and O–H groups in total. The maximum atomic E-state index is 4.47. The van der Waals surface area contributed by atoms with Crippen LogP contribution < -0.4 is 0 Å². The fourth-order valence-corrected chi connectivity index (χ4v) is 0.228. The molecule has 1 aromatic heterocycles. The number of hydrogen-bond acceptors (Lipinski definition) is 3. The summed E-state index contributed by atoms with van der Waals surface area (Å²) < 4.78 is 4.47. The minimum atomic E-state index is 0.606. The van der Waals surface area contributed by atoms with Crippen LogP contribution in [0.3, 0.4) is 0 Å². The van der Waals surface area contributed by atoms with Gasteiger partial charge in [-0.25, -0.2) is 0 Å². The smallest absolute Gasteiger partial charge is 0.223 e. The fraction of sp³-hybridized carbons (Fsp3) is 0.667. The highest BCUT2D eigenvalue weighted by atomic mass is 16.5. The van der Waals surface area contributed by atoms with Gasteiger partial charge in [0.2, 0.25) is 5.89 Å². The van der Waals surface area contributed by atoms with Crippen molar-refractivity contribution in [3.63, 3.8) is 0 Å². The van der Waals surface area contributed by atoms with Crippen LogP contribution in [-0.4, -0.2) is 10.1 Å². The highest BCUT2D eigenvalue weighted by Gasteiger charge is 1.79. The van der Waals surface area contributed by atoms with Crippen LogP contribution in [0.5, 0.6) is 0 Å². The summed E-state index contributed by atoms with van der Waals surface area (Å²) in [5.74, 6) is 0.606. The fourth-order valence-electron chi connectivity index (χ4n) is 0.228. The molecule has 0 aliphatic heterocycles. The van der Waals surface area contributed by atoms with Crippen molar-refractivity contribution in [1.82, 2.24) is 10.1 Å². The lowest BCUT2D eigenvalue weighted by Gasteiger charge is -1.63. The topological polar surface area (TPSA) is 38.9 Å². The quantitative estimate of drug-likeness (QED) is 0.534. The summed E-state index contributed by atoms with van der Waals surface area (Å²) in [6, 6.07) is 0. The van der Waals surface area contributed by atoms with Gasteiger partial charge in [0, 0.05) is 6.92 Å². The van der Waals surface area contributed by atoms with Crippen molar-refractivity contribution in [3.05, 3.63) is 12.2 Å². The van der Waals surface area contributed by atoms with E-state index in [4.69, 9.17) is 0 Å². The van der Waals surface area contributed by atoms with Crippen molar-refractivity contribution in [2.24, 2.45) is 0 Å². The Bertz CT molecular complexity index is 126.